The third kappa shape index (κ3) is 6.65. The zero-order valence-corrected chi connectivity index (χ0v) is 20.5. The van der Waals surface area contributed by atoms with Crippen molar-refractivity contribution in [2.75, 3.05) is 26.1 Å². The van der Waals surface area contributed by atoms with E-state index >= 15 is 0 Å². The van der Waals surface area contributed by atoms with Crippen molar-refractivity contribution in [3.05, 3.63) is 87.4 Å². The fraction of sp³-hybridized carbons (Fsp3) is 0.231. The zero-order chi connectivity index (χ0) is 24.5. The topological polar surface area (TPSA) is 76.7 Å². The number of ether oxygens (including phenoxy) is 2. The molecule has 0 heterocycles. The molecule has 3 aromatic rings. The summed E-state index contributed by atoms with van der Waals surface area (Å²) in [6.07, 6.45) is 1.18. The second-order valence-corrected chi connectivity index (χ2v) is 8.30. The molecule has 0 aromatic heterocycles. The minimum Gasteiger partial charge on any atom is -0.493 e. The van der Waals surface area contributed by atoms with E-state index in [0.29, 0.717) is 52.2 Å². The number of carbonyl (C=O) groups excluding carboxylic acids is 2. The number of para-hydroxylation sites is 1. The van der Waals surface area contributed by atoms with Crippen LogP contribution in [0.15, 0.2) is 60.7 Å². The second-order valence-electron chi connectivity index (χ2n) is 7.49. The van der Waals surface area contributed by atoms with Crippen molar-refractivity contribution in [2.45, 2.75) is 19.3 Å². The van der Waals surface area contributed by atoms with Gasteiger partial charge in [-0.25, -0.2) is 0 Å². The summed E-state index contributed by atoms with van der Waals surface area (Å²) in [5.74, 6) is 0.779. The van der Waals surface area contributed by atoms with Crippen molar-refractivity contribution in [1.29, 1.82) is 0 Å². The lowest BCUT2D eigenvalue weighted by atomic mass is 10.1. The van der Waals surface area contributed by atoms with Gasteiger partial charge in [0.05, 0.1) is 25.5 Å². The molecule has 34 heavy (non-hydrogen) atoms. The van der Waals surface area contributed by atoms with Crippen LogP contribution in [0.2, 0.25) is 10.0 Å². The minimum atomic E-state index is -0.273. The van der Waals surface area contributed by atoms with E-state index in [2.05, 4.69) is 10.6 Å². The summed E-state index contributed by atoms with van der Waals surface area (Å²) in [5.41, 5.74) is 2.56. The van der Waals surface area contributed by atoms with Gasteiger partial charge in [-0.2, -0.15) is 0 Å². The summed E-state index contributed by atoms with van der Waals surface area (Å²) in [5, 5.41) is 6.77. The number of anilines is 1. The molecular weight excluding hydrogens is 475 g/mol. The largest absolute Gasteiger partial charge is 0.493 e. The van der Waals surface area contributed by atoms with Crippen molar-refractivity contribution in [1.82, 2.24) is 5.32 Å². The van der Waals surface area contributed by atoms with Crippen molar-refractivity contribution in [3.8, 4) is 11.5 Å². The summed E-state index contributed by atoms with van der Waals surface area (Å²) in [4.78, 5) is 25.3. The lowest BCUT2D eigenvalue weighted by Crippen LogP contribution is -2.27. The van der Waals surface area contributed by atoms with E-state index in [4.69, 9.17) is 32.7 Å². The molecule has 2 N–H and O–H groups in total. The fourth-order valence-electron chi connectivity index (χ4n) is 3.46. The van der Waals surface area contributed by atoms with Crippen molar-refractivity contribution in [2.24, 2.45) is 0 Å². The molecule has 0 bridgehead atoms. The molecule has 0 saturated carbocycles. The molecular formula is C26H26Cl2N2O4. The minimum absolute atomic E-state index is 0.179. The highest BCUT2D eigenvalue weighted by atomic mass is 35.5. The fourth-order valence-corrected chi connectivity index (χ4v) is 4.05. The van der Waals surface area contributed by atoms with Crippen LogP contribution in [-0.2, 0) is 17.6 Å². The first-order valence-corrected chi connectivity index (χ1v) is 11.5. The Morgan fingerprint density at radius 1 is 0.853 bits per heavy atom. The van der Waals surface area contributed by atoms with E-state index in [9.17, 15) is 9.59 Å². The first-order chi connectivity index (χ1) is 16.4. The molecule has 8 heteroatoms. The SMILES string of the molecule is COc1ccc(CCNC(=O)c2ccccc2NC(=O)CCc2c(Cl)cccc2Cl)cc1OC. The van der Waals surface area contributed by atoms with Gasteiger partial charge in [0.1, 0.15) is 0 Å². The van der Waals surface area contributed by atoms with Crippen LogP contribution in [0.5, 0.6) is 11.5 Å². The molecule has 6 nitrogen and oxygen atoms in total. The number of rotatable bonds is 10. The van der Waals surface area contributed by atoms with Crippen LogP contribution < -0.4 is 20.1 Å². The lowest BCUT2D eigenvalue weighted by molar-refractivity contribution is -0.116. The Morgan fingerprint density at radius 3 is 2.26 bits per heavy atom. The molecule has 0 spiro atoms. The highest BCUT2D eigenvalue weighted by Crippen LogP contribution is 2.28. The first-order valence-electron chi connectivity index (χ1n) is 10.7. The molecule has 0 aliphatic carbocycles. The van der Waals surface area contributed by atoms with Gasteiger partial charge in [-0.05, 0) is 60.4 Å². The van der Waals surface area contributed by atoms with E-state index in [1.807, 2.05) is 18.2 Å². The second kappa shape index (κ2) is 12.3. The van der Waals surface area contributed by atoms with Gasteiger partial charge in [0.25, 0.3) is 5.91 Å². The smallest absolute Gasteiger partial charge is 0.253 e. The normalized spacial score (nSPS) is 10.5. The Hall–Kier alpha value is -3.22. The van der Waals surface area contributed by atoms with Crippen LogP contribution in [0.1, 0.15) is 27.9 Å². The van der Waals surface area contributed by atoms with Crippen LogP contribution in [-0.4, -0.2) is 32.6 Å². The van der Waals surface area contributed by atoms with Gasteiger partial charge in [-0.1, -0.05) is 47.5 Å². The van der Waals surface area contributed by atoms with E-state index < -0.39 is 0 Å². The standard InChI is InChI=1S/C26H26Cl2N2O4/c1-33-23-12-10-17(16-24(23)34-2)14-15-29-26(32)19-6-3-4-9-22(19)30-25(31)13-11-18-20(27)7-5-8-21(18)28/h3-10,12,16H,11,13-15H2,1-2H3,(H,29,32)(H,30,31). The van der Waals surface area contributed by atoms with Gasteiger partial charge in [-0.3, -0.25) is 9.59 Å². The van der Waals surface area contributed by atoms with Crippen LogP contribution in [0.25, 0.3) is 0 Å². The summed E-state index contributed by atoms with van der Waals surface area (Å²) in [7, 11) is 3.16. The number of halogens is 2. The van der Waals surface area contributed by atoms with Gasteiger partial charge >= 0.3 is 0 Å². The summed E-state index contributed by atoms with van der Waals surface area (Å²) in [6, 6.07) is 17.8. The maximum absolute atomic E-state index is 12.8. The highest BCUT2D eigenvalue weighted by Gasteiger charge is 2.14. The predicted octanol–water partition coefficient (Wildman–Crippen LogP) is 5.55. The van der Waals surface area contributed by atoms with E-state index in [1.165, 1.54) is 0 Å². The number of benzene rings is 3. The maximum atomic E-state index is 12.8. The third-order valence-electron chi connectivity index (χ3n) is 5.26. The van der Waals surface area contributed by atoms with Gasteiger partial charge in [0, 0.05) is 23.0 Å². The number of carbonyl (C=O) groups is 2. The van der Waals surface area contributed by atoms with Gasteiger partial charge in [0.15, 0.2) is 11.5 Å². The Bertz CT molecular complexity index is 1150. The monoisotopic (exact) mass is 500 g/mol. The average molecular weight is 501 g/mol. The number of amides is 2. The quantitative estimate of drug-likeness (QED) is 0.382. The third-order valence-corrected chi connectivity index (χ3v) is 5.96. The molecule has 0 atom stereocenters. The van der Waals surface area contributed by atoms with Gasteiger partial charge < -0.3 is 20.1 Å². The number of hydrogen-bond donors (Lipinski definition) is 2. The molecule has 0 aliphatic rings. The molecule has 0 unspecified atom stereocenters. The summed E-state index contributed by atoms with van der Waals surface area (Å²) < 4.78 is 10.6. The Labute approximate surface area is 209 Å². The molecule has 0 saturated heterocycles. The summed E-state index contributed by atoms with van der Waals surface area (Å²) >= 11 is 12.4. The van der Waals surface area contributed by atoms with E-state index in [0.717, 1.165) is 11.1 Å². The Morgan fingerprint density at radius 2 is 1.56 bits per heavy atom. The predicted molar refractivity (Wildman–Crippen MR) is 135 cm³/mol. The van der Waals surface area contributed by atoms with Crippen LogP contribution in [0, 0.1) is 0 Å². The number of nitrogens with one attached hydrogen (secondary N) is 2. The van der Waals surface area contributed by atoms with Crippen LogP contribution in [0.4, 0.5) is 5.69 Å². The van der Waals surface area contributed by atoms with E-state index in [-0.39, 0.29) is 18.2 Å². The molecule has 0 aliphatic heterocycles. The Balaban J connectivity index is 1.57. The molecule has 178 valence electrons. The first kappa shape index (κ1) is 25.4. The van der Waals surface area contributed by atoms with Gasteiger partial charge in [-0.15, -0.1) is 0 Å². The molecule has 3 aromatic carbocycles. The Kier molecular flexibility index (Phi) is 9.19. The molecule has 3 rings (SSSR count). The molecule has 0 radical (unpaired) electrons. The maximum Gasteiger partial charge on any atom is 0.253 e. The molecule has 2 amide bonds. The van der Waals surface area contributed by atoms with Crippen molar-refractivity contribution < 1.29 is 19.1 Å². The van der Waals surface area contributed by atoms with E-state index in [1.54, 1.807) is 56.7 Å². The summed E-state index contributed by atoms with van der Waals surface area (Å²) in [6.45, 7) is 0.418. The van der Waals surface area contributed by atoms with Crippen LogP contribution in [0.3, 0.4) is 0 Å². The number of methoxy groups -OCH3 is 2. The van der Waals surface area contributed by atoms with Crippen molar-refractivity contribution in [3.63, 3.8) is 0 Å². The number of hydrogen-bond acceptors (Lipinski definition) is 4. The average Bonchev–Trinajstić information content (AvgIpc) is 2.83. The lowest BCUT2D eigenvalue weighted by Gasteiger charge is -2.13. The van der Waals surface area contributed by atoms with Crippen molar-refractivity contribution >= 4 is 40.7 Å². The molecule has 0 fully saturated rings. The van der Waals surface area contributed by atoms with Crippen LogP contribution >= 0.6 is 23.2 Å². The van der Waals surface area contributed by atoms with Gasteiger partial charge in [0.2, 0.25) is 5.91 Å². The zero-order valence-electron chi connectivity index (χ0n) is 19.0. The highest BCUT2D eigenvalue weighted by molar-refractivity contribution is 6.36.